The van der Waals surface area contributed by atoms with E-state index in [1.54, 1.807) is 31.5 Å². The number of nitrogens with one attached hydrogen (secondary N) is 1. The lowest BCUT2D eigenvalue weighted by Crippen LogP contribution is -2.47. The molecule has 0 amide bonds. The molecule has 166 valence electrons. The lowest BCUT2D eigenvalue weighted by atomic mass is 10.2. The highest BCUT2D eigenvalue weighted by molar-refractivity contribution is 5.77. The summed E-state index contributed by atoms with van der Waals surface area (Å²) in [5.74, 6) is 2.34. The predicted molar refractivity (Wildman–Crippen MR) is 120 cm³/mol. The Balaban J connectivity index is 1.59. The zero-order valence-corrected chi connectivity index (χ0v) is 17.8. The van der Waals surface area contributed by atoms with Gasteiger partial charge in [-0.05, 0) is 24.3 Å². The van der Waals surface area contributed by atoms with Crippen molar-refractivity contribution in [3.8, 4) is 11.5 Å². The second kappa shape index (κ2) is 9.33. The van der Waals surface area contributed by atoms with Gasteiger partial charge in [0.25, 0.3) is 0 Å². The summed E-state index contributed by atoms with van der Waals surface area (Å²) in [6.45, 7) is 2.49. The number of methoxy groups -OCH3 is 2. The largest absolute Gasteiger partial charge is 0.497 e. The second-order valence-electron chi connectivity index (χ2n) is 7.00. The Labute approximate surface area is 184 Å². The first-order valence-corrected chi connectivity index (χ1v) is 10.00. The fourth-order valence-electron chi connectivity index (χ4n) is 3.58. The molecule has 0 saturated carbocycles. The van der Waals surface area contributed by atoms with Crippen LogP contribution in [0.5, 0.6) is 11.5 Å². The molecule has 0 unspecified atom stereocenters. The summed E-state index contributed by atoms with van der Waals surface area (Å²) in [7, 11) is 3.07. The minimum absolute atomic E-state index is 0.0932. The first-order chi connectivity index (χ1) is 15.6. The maximum absolute atomic E-state index is 12.0. The topological polar surface area (TPSA) is 119 Å². The molecule has 11 nitrogen and oxygen atoms in total. The Morgan fingerprint density at radius 2 is 1.78 bits per heavy atom. The Hall–Kier alpha value is -4.15. The van der Waals surface area contributed by atoms with Crippen LogP contribution >= 0.6 is 0 Å². The quantitative estimate of drug-likeness (QED) is 0.436. The molecule has 1 aromatic carbocycles. The number of hydrogen-bond donors (Lipinski definition) is 1. The molecule has 0 atom stereocenters. The van der Waals surface area contributed by atoms with Crippen LogP contribution in [-0.4, -0.2) is 60.3 Å². The molecule has 1 aliphatic rings. The fraction of sp³-hybridized carbons (Fsp3) is 0.286. The van der Waals surface area contributed by atoms with Gasteiger partial charge in [0.15, 0.2) is 0 Å². The molecule has 0 aliphatic carbocycles. The summed E-state index contributed by atoms with van der Waals surface area (Å²) in [6.07, 6.45) is 3.08. The third kappa shape index (κ3) is 4.31. The van der Waals surface area contributed by atoms with Crippen LogP contribution < -0.4 is 24.6 Å². The molecule has 1 N–H and O–H groups in total. The van der Waals surface area contributed by atoms with Crippen LogP contribution in [0.1, 0.15) is 0 Å². The standard InChI is InChI=1S/C21H23N7O4/c1-31-15-6-7-16(17(13-15)32-2)25-20-19(28(29)30)21(24-14-23-20)27-11-9-26(10-12-27)18-5-3-4-8-22-18/h3-8,13-14H,9-12H2,1-2H3,(H,23,24,25). The van der Waals surface area contributed by atoms with E-state index in [9.17, 15) is 10.1 Å². The molecule has 3 heterocycles. The van der Waals surface area contributed by atoms with Crippen LogP contribution in [0.2, 0.25) is 0 Å². The van der Waals surface area contributed by atoms with Crippen LogP contribution in [0.25, 0.3) is 0 Å². The molecule has 2 aromatic heterocycles. The second-order valence-corrected chi connectivity index (χ2v) is 7.00. The summed E-state index contributed by atoms with van der Waals surface area (Å²) in [5, 5.41) is 15.0. The van der Waals surface area contributed by atoms with Crippen LogP contribution in [0.15, 0.2) is 48.9 Å². The number of piperazine rings is 1. The summed E-state index contributed by atoms with van der Waals surface area (Å²) < 4.78 is 10.6. The molecule has 4 rings (SSSR count). The zero-order chi connectivity index (χ0) is 22.5. The third-order valence-corrected chi connectivity index (χ3v) is 5.20. The van der Waals surface area contributed by atoms with Crippen molar-refractivity contribution in [2.45, 2.75) is 0 Å². The molecule has 0 bridgehead atoms. The van der Waals surface area contributed by atoms with E-state index in [4.69, 9.17) is 9.47 Å². The van der Waals surface area contributed by atoms with Gasteiger partial charge in [0, 0.05) is 38.4 Å². The van der Waals surface area contributed by atoms with Gasteiger partial charge in [-0.2, -0.15) is 0 Å². The van der Waals surface area contributed by atoms with Crippen molar-refractivity contribution in [2.24, 2.45) is 0 Å². The molecule has 1 saturated heterocycles. The van der Waals surface area contributed by atoms with Gasteiger partial charge in [0.1, 0.15) is 23.6 Å². The van der Waals surface area contributed by atoms with Crippen LogP contribution in [0.3, 0.4) is 0 Å². The van der Waals surface area contributed by atoms with E-state index >= 15 is 0 Å². The average molecular weight is 437 g/mol. The van der Waals surface area contributed by atoms with Gasteiger partial charge in [0.2, 0.25) is 11.6 Å². The number of nitrogens with zero attached hydrogens (tertiary/aromatic N) is 6. The van der Waals surface area contributed by atoms with Crippen molar-refractivity contribution < 1.29 is 14.4 Å². The van der Waals surface area contributed by atoms with Crippen molar-refractivity contribution in [1.29, 1.82) is 0 Å². The summed E-state index contributed by atoms with van der Waals surface area (Å²) in [6, 6.07) is 10.9. The first-order valence-electron chi connectivity index (χ1n) is 10.00. The average Bonchev–Trinajstić information content (AvgIpc) is 2.84. The number of nitro groups is 1. The molecule has 11 heteroatoms. The maximum atomic E-state index is 12.0. The van der Waals surface area contributed by atoms with Gasteiger partial charge in [-0.1, -0.05) is 6.07 Å². The van der Waals surface area contributed by atoms with E-state index in [1.807, 2.05) is 23.1 Å². The zero-order valence-electron chi connectivity index (χ0n) is 17.8. The normalized spacial score (nSPS) is 13.6. The minimum Gasteiger partial charge on any atom is -0.497 e. The van der Waals surface area contributed by atoms with Gasteiger partial charge < -0.3 is 24.6 Å². The molecule has 0 radical (unpaired) electrons. The molecular formula is C21H23N7O4. The molecule has 3 aromatic rings. The molecule has 1 aliphatic heterocycles. The highest BCUT2D eigenvalue weighted by atomic mass is 16.6. The summed E-state index contributed by atoms with van der Waals surface area (Å²) >= 11 is 0. The Morgan fingerprint density at radius 3 is 2.44 bits per heavy atom. The van der Waals surface area contributed by atoms with Crippen LogP contribution in [-0.2, 0) is 0 Å². The number of rotatable bonds is 7. The Kier molecular flexibility index (Phi) is 6.15. The van der Waals surface area contributed by atoms with E-state index < -0.39 is 4.92 Å². The molecular weight excluding hydrogens is 414 g/mol. The monoisotopic (exact) mass is 437 g/mol. The van der Waals surface area contributed by atoms with Crippen molar-refractivity contribution in [2.75, 3.05) is 55.5 Å². The lowest BCUT2D eigenvalue weighted by Gasteiger charge is -2.35. The van der Waals surface area contributed by atoms with Gasteiger partial charge >= 0.3 is 5.69 Å². The molecule has 32 heavy (non-hydrogen) atoms. The number of anilines is 4. The number of benzene rings is 1. The number of aromatic nitrogens is 3. The van der Waals surface area contributed by atoms with E-state index in [0.717, 1.165) is 5.82 Å². The van der Waals surface area contributed by atoms with E-state index in [1.165, 1.54) is 13.4 Å². The van der Waals surface area contributed by atoms with E-state index in [-0.39, 0.29) is 17.3 Å². The van der Waals surface area contributed by atoms with Crippen molar-refractivity contribution >= 4 is 28.8 Å². The van der Waals surface area contributed by atoms with Crippen molar-refractivity contribution in [3.63, 3.8) is 0 Å². The van der Waals surface area contributed by atoms with Gasteiger partial charge in [-0.15, -0.1) is 0 Å². The van der Waals surface area contributed by atoms with Gasteiger partial charge in [-0.3, -0.25) is 10.1 Å². The van der Waals surface area contributed by atoms with Crippen LogP contribution in [0, 0.1) is 10.1 Å². The minimum atomic E-state index is -0.460. The third-order valence-electron chi connectivity index (χ3n) is 5.20. The molecule has 0 spiro atoms. The summed E-state index contributed by atoms with van der Waals surface area (Å²) in [5.41, 5.74) is 0.345. The van der Waals surface area contributed by atoms with Gasteiger partial charge in [-0.25, -0.2) is 15.0 Å². The predicted octanol–water partition coefficient (Wildman–Crippen LogP) is 2.87. The number of hydrogen-bond acceptors (Lipinski definition) is 10. The number of pyridine rings is 1. The SMILES string of the molecule is COc1ccc(Nc2ncnc(N3CCN(c4ccccn4)CC3)c2[N+](=O)[O-])c(OC)c1. The Bertz CT molecular complexity index is 1090. The van der Waals surface area contributed by atoms with Gasteiger partial charge in [0.05, 0.1) is 24.8 Å². The highest BCUT2D eigenvalue weighted by Gasteiger charge is 2.30. The number of ether oxygens (including phenoxy) is 2. The highest BCUT2D eigenvalue weighted by Crippen LogP contribution is 2.37. The lowest BCUT2D eigenvalue weighted by molar-refractivity contribution is -0.383. The van der Waals surface area contributed by atoms with E-state index in [2.05, 4.69) is 25.2 Å². The summed E-state index contributed by atoms with van der Waals surface area (Å²) in [4.78, 5) is 28.3. The van der Waals surface area contributed by atoms with E-state index in [0.29, 0.717) is 43.4 Å². The fourth-order valence-corrected chi connectivity index (χ4v) is 3.58. The van der Waals surface area contributed by atoms with Crippen molar-refractivity contribution in [3.05, 3.63) is 59.0 Å². The van der Waals surface area contributed by atoms with Crippen LogP contribution in [0.4, 0.5) is 28.8 Å². The smallest absolute Gasteiger partial charge is 0.353 e. The maximum Gasteiger partial charge on any atom is 0.353 e. The van der Waals surface area contributed by atoms with Crippen molar-refractivity contribution in [1.82, 2.24) is 15.0 Å². The first kappa shape index (κ1) is 21.1. The Morgan fingerprint density at radius 1 is 1.00 bits per heavy atom. The molecule has 1 fully saturated rings.